The second-order valence-electron chi connectivity index (χ2n) is 7.11. The van der Waals surface area contributed by atoms with Crippen LogP contribution in [0.3, 0.4) is 0 Å². The Balaban J connectivity index is 1.76. The van der Waals surface area contributed by atoms with Crippen molar-refractivity contribution < 1.29 is 19.1 Å². The fourth-order valence-electron chi connectivity index (χ4n) is 3.63. The Labute approximate surface area is 184 Å². The van der Waals surface area contributed by atoms with Crippen LogP contribution in [-0.2, 0) is 14.3 Å². The van der Waals surface area contributed by atoms with Crippen LogP contribution >= 0.6 is 11.3 Å². The van der Waals surface area contributed by atoms with E-state index < -0.39 is 18.1 Å². The van der Waals surface area contributed by atoms with E-state index in [0.717, 1.165) is 22.0 Å². The number of nitrogens with zero attached hydrogens (tertiary/aromatic N) is 3. The SMILES string of the molecule is CCC1Oc2ccc(-c3csc(-c4ccccn4)n3)cc2N(C(CC)C(=O)OC)C1=O. The number of fused-ring (bicyclic) bond motifs is 1. The van der Waals surface area contributed by atoms with E-state index in [2.05, 4.69) is 4.98 Å². The monoisotopic (exact) mass is 437 g/mol. The van der Waals surface area contributed by atoms with Crippen LogP contribution in [0.4, 0.5) is 5.69 Å². The zero-order chi connectivity index (χ0) is 22.0. The number of pyridine rings is 1. The molecule has 1 aliphatic rings. The van der Waals surface area contributed by atoms with Gasteiger partial charge in [0.1, 0.15) is 16.8 Å². The van der Waals surface area contributed by atoms with E-state index in [0.29, 0.717) is 24.3 Å². The van der Waals surface area contributed by atoms with E-state index in [4.69, 9.17) is 14.5 Å². The van der Waals surface area contributed by atoms with Crippen molar-refractivity contribution >= 4 is 28.9 Å². The smallest absolute Gasteiger partial charge is 0.328 e. The molecule has 160 valence electrons. The average molecular weight is 438 g/mol. The third kappa shape index (κ3) is 3.90. The molecule has 2 atom stereocenters. The minimum Gasteiger partial charge on any atom is -0.478 e. The lowest BCUT2D eigenvalue weighted by Gasteiger charge is -2.37. The summed E-state index contributed by atoms with van der Waals surface area (Å²) in [5, 5.41) is 2.76. The third-order valence-electron chi connectivity index (χ3n) is 5.23. The maximum absolute atomic E-state index is 13.1. The van der Waals surface area contributed by atoms with Crippen molar-refractivity contribution in [3.05, 3.63) is 48.0 Å². The number of rotatable bonds is 6. The highest BCUT2D eigenvalue weighted by Gasteiger charge is 2.40. The minimum absolute atomic E-state index is 0.239. The molecule has 0 bridgehead atoms. The number of carbonyl (C=O) groups is 2. The van der Waals surface area contributed by atoms with Crippen LogP contribution in [0.1, 0.15) is 26.7 Å². The molecule has 3 heterocycles. The summed E-state index contributed by atoms with van der Waals surface area (Å²) >= 11 is 1.50. The lowest BCUT2D eigenvalue weighted by Crippen LogP contribution is -2.53. The number of aromatic nitrogens is 2. The Morgan fingerprint density at radius 2 is 2.10 bits per heavy atom. The number of ether oxygens (including phenoxy) is 2. The Kier molecular flexibility index (Phi) is 5.99. The van der Waals surface area contributed by atoms with Gasteiger partial charge in [0, 0.05) is 17.1 Å². The third-order valence-corrected chi connectivity index (χ3v) is 6.09. The predicted molar refractivity (Wildman–Crippen MR) is 119 cm³/mol. The first-order valence-electron chi connectivity index (χ1n) is 10.2. The van der Waals surface area contributed by atoms with E-state index >= 15 is 0 Å². The molecule has 0 saturated heterocycles. The van der Waals surface area contributed by atoms with E-state index in [1.807, 2.05) is 55.6 Å². The molecule has 0 fully saturated rings. The van der Waals surface area contributed by atoms with Crippen LogP contribution in [0.2, 0.25) is 0 Å². The highest BCUT2D eigenvalue weighted by Crippen LogP contribution is 2.40. The predicted octanol–water partition coefficient (Wildman–Crippen LogP) is 4.33. The summed E-state index contributed by atoms with van der Waals surface area (Å²) in [6, 6.07) is 10.6. The summed E-state index contributed by atoms with van der Waals surface area (Å²) in [5.41, 5.74) is 2.95. The number of benzene rings is 1. The van der Waals surface area contributed by atoms with Gasteiger partial charge in [-0.25, -0.2) is 9.78 Å². The molecule has 3 aromatic rings. The summed E-state index contributed by atoms with van der Waals surface area (Å²) in [6.45, 7) is 3.74. The molecule has 31 heavy (non-hydrogen) atoms. The number of hydrogen-bond acceptors (Lipinski definition) is 7. The standard InChI is InChI=1S/C23H23N3O4S/c1-4-17(23(28)29-3)26-18-12-14(9-10-20(18)30-19(5-2)22(26)27)16-13-31-21(25-16)15-8-6-7-11-24-15/h6-13,17,19H,4-5H2,1-3H3. The van der Waals surface area contributed by atoms with Crippen LogP contribution in [0.25, 0.3) is 22.0 Å². The van der Waals surface area contributed by atoms with Crippen molar-refractivity contribution in [3.8, 4) is 27.7 Å². The first-order chi connectivity index (χ1) is 15.1. The number of hydrogen-bond donors (Lipinski definition) is 0. The van der Waals surface area contributed by atoms with Crippen LogP contribution < -0.4 is 9.64 Å². The van der Waals surface area contributed by atoms with E-state index in [1.54, 1.807) is 6.20 Å². The second-order valence-corrected chi connectivity index (χ2v) is 7.96. The zero-order valence-corrected chi connectivity index (χ0v) is 18.4. The fraction of sp³-hybridized carbons (Fsp3) is 0.304. The molecule has 7 nitrogen and oxygen atoms in total. The molecule has 8 heteroatoms. The van der Waals surface area contributed by atoms with Gasteiger partial charge in [0.2, 0.25) is 0 Å². The van der Waals surface area contributed by atoms with Gasteiger partial charge in [0.05, 0.1) is 24.2 Å². The topological polar surface area (TPSA) is 81.6 Å². The summed E-state index contributed by atoms with van der Waals surface area (Å²) < 4.78 is 10.9. The van der Waals surface area contributed by atoms with Gasteiger partial charge in [0.15, 0.2) is 6.10 Å². The molecule has 1 aromatic carbocycles. The Morgan fingerprint density at radius 1 is 1.26 bits per heavy atom. The van der Waals surface area contributed by atoms with Crippen LogP contribution in [0.15, 0.2) is 48.0 Å². The van der Waals surface area contributed by atoms with Gasteiger partial charge in [-0.2, -0.15) is 0 Å². The maximum atomic E-state index is 13.1. The zero-order valence-electron chi connectivity index (χ0n) is 17.6. The minimum atomic E-state index is -0.719. The van der Waals surface area contributed by atoms with Crippen molar-refractivity contribution in [1.82, 2.24) is 9.97 Å². The quantitative estimate of drug-likeness (QED) is 0.534. The number of anilines is 1. The molecule has 1 amide bonds. The van der Waals surface area contributed by atoms with Crippen LogP contribution in [0, 0.1) is 0 Å². The molecular weight excluding hydrogens is 414 g/mol. The average Bonchev–Trinajstić information content (AvgIpc) is 3.31. The van der Waals surface area contributed by atoms with E-state index in [-0.39, 0.29) is 5.91 Å². The highest BCUT2D eigenvalue weighted by molar-refractivity contribution is 7.13. The molecule has 1 aliphatic heterocycles. The van der Waals surface area contributed by atoms with Gasteiger partial charge in [-0.15, -0.1) is 11.3 Å². The number of carbonyl (C=O) groups excluding carboxylic acids is 2. The van der Waals surface area contributed by atoms with Crippen LogP contribution in [0.5, 0.6) is 5.75 Å². The van der Waals surface area contributed by atoms with Gasteiger partial charge in [-0.1, -0.05) is 19.9 Å². The fourth-order valence-corrected chi connectivity index (χ4v) is 4.43. The van der Waals surface area contributed by atoms with Crippen LogP contribution in [-0.4, -0.2) is 41.1 Å². The molecule has 4 rings (SSSR count). The van der Waals surface area contributed by atoms with Gasteiger partial charge in [-0.05, 0) is 43.2 Å². The van der Waals surface area contributed by atoms with Crippen molar-refractivity contribution in [2.45, 2.75) is 38.8 Å². The second kappa shape index (κ2) is 8.85. The largest absolute Gasteiger partial charge is 0.478 e. The van der Waals surface area contributed by atoms with Crippen molar-refractivity contribution in [1.29, 1.82) is 0 Å². The highest BCUT2D eigenvalue weighted by atomic mass is 32.1. The molecule has 0 N–H and O–H groups in total. The Morgan fingerprint density at radius 3 is 2.77 bits per heavy atom. The number of thiazole rings is 1. The van der Waals surface area contributed by atoms with Gasteiger partial charge >= 0.3 is 5.97 Å². The maximum Gasteiger partial charge on any atom is 0.328 e. The first-order valence-corrected chi connectivity index (χ1v) is 11.0. The summed E-state index contributed by atoms with van der Waals surface area (Å²) in [7, 11) is 1.33. The van der Waals surface area contributed by atoms with Crippen molar-refractivity contribution in [2.75, 3.05) is 12.0 Å². The number of esters is 1. The Bertz CT molecular complexity index is 1100. The number of methoxy groups -OCH3 is 1. The number of amides is 1. The summed E-state index contributed by atoms with van der Waals surface area (Å²) in [5.74, 6) is -0.121. The van der Waals surface area contributed by atoms with E-state index in [9.17, 15) is 9.59 Å². The van der Waals surface area contributed by atoms with E-state index in [1.165, 1.54) is 23.3 Å². The van der Waals surface area contributed by atoms with Crippen molar-refractivity contribution in [2.24, 2.45) is 0 Å². The first kappa shape index (κ1) is 21.0. The molecular formula is C23H23N3O4S. The summed E-state index contributed by atoms with van der Waals surface area (Å²) in [6.07, 6.45) is 2.04. The van der Waals surface area contributed by atoms with Gasteiger partial charge < -0.3 is 9.47 Å². The molecule has 0 saturated carbocycles. The molecule has 0 radical (unpaired) electrons. The van der Waals surface area contributed by atoms with Crippen molar-refractivity contribution in [3.63, 3.8) is 0 Å². The van der Waals surface area contributed by atoms with Gasteiger partial charge in [-0.3, -0.25) is 14.7 Å². The molecule has 2 unspecified atom stereocenters. The van der Waals surface area contributed by atoms with Gasteiger partial charge in [0.25, 0.3) is 5.91 Å². The lowest BCUT2D eigenvalue weighted by molar-refractivity contribution is -0.144. The normalized spacial score (nSPS) is 16.4. The lowest BCUT2D eigenvalue weighted by atomic mass is 10.0. The summed E-state index contributed by atoms with van der Waals surface area (Å²) in [4.78, 5) is 36.2. The molecule has 0 spiro atoms. The molecule has 2 aromatic heterocycles. The molecule has 0 aliphatic carbocycles. The Hall–Kier alpha value is -3.26.